The molecule has 0 saturated carbocycles. The van der Waals surface area contributed by atoms with E-state index in [1.165, 1.54) is 24.1 Å². The van der Waals surface area contributed by atoms with E-state index < -0.39 is 17.9 Å². The van der Waals surface area contributed by atoms with Crippen LogP contribution in [0.5, 0.6) is 5.75 Å². The fraction of sp³-hybridized carbons (Fsp3) is 0.333. The second-order valence-electron chi connectivity index (χ2n) is 9.82. The van der Waals surface area contributed by atoms with E-state index in [0.29, 0.717) is 12.2 Å². The minimum atomic E-state index is -1.09. The average molecular weight is 547 g/mol. The highest BCUT2D eigenvalue weighted by Gasteiger charge is 2.21. The number of ether oxygens (including phenoxy) is 1. The molecule has 0 saturated heterocycles. The summed E-state index contributed by atoms with van der Waals surface area (Å²) in [6, 6.07) is 15.8. The first-order valence-corrected chi connectivity index (χ1v) is 13.1. The molecule has 1 amide bonds. The summed E-state index contributed by atoms with van der Waals surface area (Å²) < 4.78 is 7.61. The number of carbonyl (C=O) groups is 2. The Morgan fingerprint density at radius 3 is 2.67 bits per heavy atom. The van der Waals surface area contributed by atoms with Crippen LogP contribution in [0.25, 0.3) is 10.9 Å². The number of fused-ring (bicyclic) bond motifs is 2. The van der Waals surface area contributed by atoms with Crippen molar-refractivity contribution in [1.82, 2.24) is 20.1 Å². The van der Waals surface area contributed by atoms with E-state index in [1.54, 1.807) is 29.1 Å². The van der Waals surface area contributed by atoms with Gasteiger partial charge in [0.05, 0.1) is 18.3 Å². The number of carbonyl (C=O) groups excluding carboxylic acids is 1. The molecule has 1 aliphatic carbocycles. The monoisotopic (exact) mass is 546 g/mol. The van der Waals surface area contributed by atoms with Crippen molar-refractivity contribution in [2.45, 2.75) is 51.0 Å². The van der Waals surface area contributed by atoms with E-state index in [9.17, 15) is 14.7 Å². The lowest BCUT2D eigenvalue weighted by molar-refractivity contribution is -0.139. The Balaban J connectivity index is 0.00000353. The highest BCUT2D eigenvalue weighted by atomic mass is 32.1. The maximum absolute atomic E-state index is 12.7. The second-order valence-corrected chi connectivity index (χ2v) is 9.82. The lowest BCUT2D eigenvalue weighted by atomic mass is 9.95. The van der Waals surface area contributed by atoms with E-state index in [-0.39, 0.29) is 19.9 Å². The smallest absolute Gasteiger partial charge is 0.326 e. The van der Waals surface area contributed by atoms with Gasteiger partial charge in [-0.05, 0) is 86.1 Å². The molecule has 39 heavy (non-hydrogen) atoms. The summed E-state index contributed by atoms with van der Waals surface area (Å²) in [6.45, 7) is 0.577. The van der Waals surface area contributed by atoms with Gasteiger partial charge in [0.25, 0.3) is 5.91 Å². The van der Waals surface area contributed by atoms with E-state index in [1.807, 2.05) is 31.3 Å². The molecule has 5 rings (SSSR count). The zero-order valence-corrected chi connectivity index (χ0v) is 23.0. The third kappa shape index (κ3) is 6.97. The molecule has 4 aromatic rings. The van der Waals surface area contributed by atoms with Crippen molar-refractivity contribution in [3.05, 3.63) is 88.9 Å². The summed E-state index contributed by atoms with van der Waals surface area (Å²) >= 11 is 0. The van der Waals surface area contributed by atoms with E-state index >= 15 is 0 Å². The van der Waals surface area contributed by atoms with Gasteiger partial charge < -0.3 is 15.2 Å². The summed E-state index contributed by atoms with van der Waals surface area (Å²) in [4.78, 5) is 29.4. The molecule has 9 heteroatoms. The maximum Gasteiger partial charge on any atom is 0.326 e. The van der Waals surface area contributed by atoms with Gasteiger partial charge in [0.1, 0.15) is 11.8 Å². The predicted molar refractivity (Wildman–Crippen MR) is 155 cm³/mol. The van der Waals surface area contributed by atoms with Crippen LogP contribution in [-0.2, 0) is 37.5 Å². The van der Waals surface area contributed by atoms with Crippen LogP contribution in [0.1, 0.15) is 52.1 Å². The first-order chi connectivity index (χ1) is 18.5. The number of carboxylic acids is 1. The fourth-order valence-electron chi connectivity index (χ4n) is 4.91. The molecule has 2 N–H and O–H groups in total. The predicted octanol–water partition coefficient (Wildman–Crippen LogP) is 4.40. The number of amides is 1. The first-order valence-electron chi connectivity index (χ1n) is 13.1. The molecule has 2 aromatic heterocycles. The number of aromatic nitrogens is 3. The molecular weight excluding hydrogens is 512 g/mol. The van der Waals surface area contributed by atoms with Gasteiger partial charge in [-0.3, -0.25) is 14.5 Å². The van der Waals surface area contributed by atoms with Crippen LogP contribution >= 0.6 is 13.5 Å². The number of nitrogens with zero attached hydrogens (tertiary/aromatic N) is 3. The molecular formula is C30H34N4O4S. The standard InChI is InChI=1S/C30H32N4O4.H2S/c1-34-28-15-11-22(18-23(28)19-31-34)29(35)33-27(30(36)37)17-20-8-13-25(14-9-20)38-16-4-6-24-12-10-21-5-2-3-7-26(21)32-24;/h8-15,18-19,27H,2-7,16-17H2,1H3,(H,33,35)(H,36,37);1H2/t27-;/m0./s1. The largest absolute Gasteiger partial charge is 0.494 e. The summed E-state index contributed by atoms with van der Waals surface area (Å²) in [5, 5.41) is 17.3. The number of aryl methyl sites for hydroxylation is 4. The Morgan fingerprint density at radius 2 is 1.87 bits per heavy atom. The van der Waals surface area contributed by atoms with E-state index in [0.717, 1.165) is 53.6 Å². The number of hydrogen-bond donors (Lipinski definition) is 2. The number of hydrogen-bond acceptors (Lipinski definition) is 5. The lowest BCUT2D eigenvalue weighted by Crippen LogP contribution is -2.42. The first kappa shape index (κ1) is 28.2. The van der Waals surface area contributed by atoms with Gasteiger partial charge in [0.15, 0.2) is 0 Å². The highest BCUT2D eigenvalue weighted by Crippen LogP contribution is 2.20. The number of carboxylic acid groups (broad SMARTS) is 1. The zero-order valence-electron chi connectivity index (χ0n) is 22.0. The van der Waals surface area contributed by atoms with Gasteiger partial charge in [-0.25, -0.2) is 4.79 Å². The fourth-order valence-corrected chi connectivity index (χ4v) is 4.91. The Kier molecular flexibility index (Phi) is 9.24. The molecule has 0 unspecified atom stereocenters. The molecule has 0 spiro atoms. The topological polar surface area (TPSA) is 106 Å². The Bertz CT molecular complexity index is 1450. The van der Waals surface area contributed by atoms with Gasteiger partial charge in [-0.2, -0.15) is 18.6 Å². The van der Waals surface area contributed by atoms with E-state index in [4.69, 9.17) is 9.72 Å². The summed E-state index contributed by atoms with van der Waals surface area (Å²) in [7, 11) is 1.83. The summed E-state index contributed by atoms with van der Waals surface area (Å²) in [6.07, 6.45) is 8.30. The number of pyridine rings is 1. The molecule has 8 nitrogen and oxygen atoms in total. The van der Waals surface area contributed by atoms with Crippen molar-refractivity contribution in [2.24, 2.45) is 7.05 Å². The second kappa shape index (κ2) is 12.8. The lowest BCUT2D eigenvalue weighted by Gasteiger charge is -2.16. The molecule has 1 aliphatic rings. The quantitative estimate of drug-likeness (QED) is 0.286. The molecule has 2 heterocycles. The van der Waals surface area contributed by atoms with Gasteiger partial charge in [-0.1, -0.05) is 18.2 Å². The van der Waals surface area contributed by atoms with Crippen molar-refractivity contribution in [3.8, 4) is 5.75 Å². The number of nitrogens with one attached hydrogen (secondary N) is 1. The zero-order chi connectivity index (χ0) is 26.5. The van der Waals surface area contributed by atoms with Crippen molar-refractivity contribution in [3.63, 3.8) is 0 Å². The summed E-state index contributed by atoms with van der Waals surface area (Å²) in [5.41, 5.74) is 5.86. The normalized spacial score (nSPS) is 13.3. The van der Waals surface area contributed by atoms with Crippen LogP contribution in [0.4, 0.5) is 0 Å². The Labute approximate surface area is 234 Å². The molecule has 0 bridgehead atoms. The molecule has 1 atom stereocenters. The third-order valence-corrected chi connectivity index (χ3v) is 7.06. The van der Waals surface area contributed by atoms with Gasteiger partial charge in [-0.15, -0.1) is 0 Å². The van der Waals surface area contributed by atoms with Crippen molar-refractivity contribution in [2.75, 3.05) is 6.61 Å². The van der Waals surface area contributed by atoms with Crippen LogP contribution in [0, 0.1) is 0 Å². The molecule has 0 radical (unpaired) electrons. The van der Waals surface area contributed by atoms with Crippen LogP contribution in [-0.4, -0.2) is 44.4 Å². The molecule has 2 aromatic carbocycles. The molecule has 0 fully saturated rings. The minimum Gasteiger partial charge on any atom is -0.494 e. The maximum atomic E-state index is 12.7. The number of benzene rings is 2. The van der Waals surface area contributed by atoms with Gasteiger partial charge >= 0.3 is 5.97 Å². The third-order valence-electron chi connectivity index (χ3n) is 7.06. The highest BCUT2D eigenvalue weighted by molar-refractivity contribution is 7.59. The number of rotatable bonds is 10. The van der Waals surface area contributed by atoms with Crippen molar-refractivity contribution < 1.29 is 19.4 Å². The Hall–Kier alpha value is -3.85. The number of aliphatic carboxylic acids is 1. The molecule has 204 valence electrons. The minimum absolute atomic E-state index is 0. The Morgan fingerprint density at radius 1 is 1.08 bits per heavy atom. The SMILES string of the molecule is Cn1ncc2cc(C(=O)N[C@@H](Cc3ccc(OCCCc4ccc5c(n4)CCCC5)cc3)C(=O)O)ccc21.S. The van der Waals surface area contributed by atoms with Gasteiger partial charge in [0.2, 0.25) is 0 Å². The van der Waals surface area contributed by atoms with Crippen LogP contribution in [0.3, 0.4) is 0 Å². The average Bonchev–Trinajstić information content (AvgIpc) is 3.31. The van der Waals surface area contributed by atoms with Crippen LogP contribution in [0.15, 0.2) is 60.8 Å². The van der Waals surface area contributed by atoms with Crippen LogP contribution < -0.4 is 10.1 Å². The summed E-state index contributed by atoms with van der Waals surface area (Å²) in [5.74, 6) is -0.790. The van der Waals surface area contributed by atoms with E-state index in [2.05, 4.69) is 22.5 Å². The van der Waals surface area contributed by atoms with Crippen LogP contribution in [0.2, 0.25) is 0 Å². The van der Waals surface area contributed by atoms with Crippen molar-refractivity contribution >= 4 is 36.3 Å². The van der Waals surface area contributed by atoms with Crippen molar-refractivity contribution in [1.29, 1.82) is 0 Å². The van der Waals surface area contributed by atoms with Gasteiger partial charge in [0, 0.05) is 35.8 Å². The molecule has 0 aliphatic heterocycles.